The van der Waals surface area contributed by atoms with Crippen LogP contribution < -0.4 is 0 Å². The van der Waals surface area contributed by atoms with Gasteiger partial charge < -0.3 is 9.13 Å². The van der Waals surface area contributed by atoms with Gasteiger partial charge in [-0.15, -0.1) is 0 Å². The molecular formula is C65H39N5. The maximum atomic E-state index is 5.34. The molecule has 0 aliphatic rings. The molecule has 0 unspecified atom stereocenters. The van der Waals surface area contributed by atoms with Gasteiger partial charge >= 0.3 is 0 Å². The van der Waals surface area contributed by atoms with E-state index in [9.17, 15) is 0 Å². The molecule has 0 amide bonds. The standard InChI is InChI=1S/C65H39N5/c1-2-14-43(15-3-1)63-66-64(48-28-27-42-26-25-40-13-8-9-21-51(40)55(42)35-48)68-65(67-63)54-23-12-20-41-29-30-49(38-56(41)54)70-61-37-47-19-7-5-17-45(47)34-58(61)53-32-31-50(39-62(53)70)69-59-24-11-10-22-52(59)57-33-44-16-4-6-18-46(44)36-60(57)69/h1-39H. The average Bonchev–Trinajstić information content (AvgIpc) is 3.92. The molecule has 0 saturated carbocycles. The highest BCUT2D eigenvalue weighted by Crippen LogP contribution is 2.41. The summed E-state index contributed by atoms with van der Waals surface area (Å²) in [6.45, 7) is 0. The van der Waals surface area contributed by atoms with Crippen LogP contribution in [0.3, 0.4) is 0 Å². The van der Waals surface area contributed by atoms with Gasteiger partial charge in [0.25, 0.3) is 0 Å². The van der Waals surface area contributed by atoms with Crippen molar-refractivity contribution < 1.29 is 0 Å². The molecule has 3 aromatic heterocycles. The van der Waals surface area contributed by atoms with Crippen LogP contribution in [0.15, 0.2) is 237 Å². The zero-order valence-corrected chi connectivity index (χ0v) is 37.8. The first-order valence-electron chi connectivity index (χ1n) is 23.8. The summed E-state index contributed by atoms with van der Waals surface area (Å²) < 4.78 is 4.89. The van der Waals surface area contributed by atoms with Crippen molar-refractivity contribution in [1.82, 2.24) is 24.1 Å². The Balaban J connectivity index is 0.966. The maximum absolute atomic E-state index is 5.34. The van der Waals surface area contributed by atoms with E-state index in [1.807, 2.05) is 18.2 Å². The summed E-state index contributed by atoms with van der Waals surface area (Å²) in [5, 5.41) is 16.7. The van der Waals surface area contributed by atoms with Gasteiger partial charge in [0.15, 0.2) is 17.5 Å². The fourth-order valence-electron chi connectivity index (χ4n) is 11.1. The molecule has 15 rings (SSSR count). The lowest BCUT2D eigenvalue weighted by Crippen LogP contribution is -2.01. The van der Waals surface area contributed by atoms with Crippen molar-refractivity contribution in [2.75, 3.05) is 0 Å². The molecule has 15 aromatic rings. The molecule has 5 heteroatoms. The summed E-state index contributed by atoms with van der Waals surface area (Å²) in [4.78, 5) is 15.8. The highest BCUT2D eigenvalue weighted by molar-refractivity contribution is 6.16. The minimum Gasteiger partial charge on any atom is -0.309 e. The van der Waals surface area contributed by atoms with E-state index in [1.165, 1.54) is 75.7 Å². The zero-order valence-electron chi connectivity index (χ0n) is 37.8. The van der Waals surface area contributed by atoms with E-state index in [1.54, 1.807) is 0 Å². The number of benzene rings is 12. The largest absolute Gasteiger partial charge is 0.309 e. The van der Waals surface area contributed by atoms with Crippen LogP contribution >= 0.6 is 0 Å². The van der Waals surface area contributed by atoms with Crippen molar-refractivity contribution in [3.63, 3.8) is 0 Å². The van der Waals surface area contributed by atoms with E-state index in [0.717, 1.165) is 49.9 Å². The van der Waals surface area contributed by atoms with E-state index in [0.29, 0.717) is 17.5 Å². The first-order valence-corrected chi connectivity index (χ1v) is 23.8. The molecule has 0 aliphatic carbocycles. The Bertz CT molecular complexity index is 4660. The summed E-state index contributed by atoms with van der Waals surface area (Å²) in [5.41, 5.74) is 9.62. The fourth-order valence-corrected chi connectivity index (χ4v) is 11.1. The molecule has 3 heterocycles. The molecule has 5 nitrogen and oxygen atoms in total. The van der Waals surface area contributed by atoms with Crippen LogP contribution in [0.2, 0.25) is 0 Å². The number of aromatic nitrogens is 5. The monoisotopic (exact) mass is 889 g/mol. The summed E-state index contributed by atoms with van der Waals surface area (Å²) >= 11 is 0. The molecule has 0 radical (unpaired) electrons. The normalized spacial score (nSPS) is 12.0. The Kier molecular flexibility index (Phi) is 8.29. The van der Waals surface area contributed by atoms with E-state index in [4.69, 9.17) is 15.0 Å². The van der Waals surface area contributed by atoms with Crippen LogP contribution in [0.4, 0.5) is 0 Å². The van der Waals surface area contributed by atoms with E-state index < -0.39 is 0 Å². The Hall–Kier alpha value is -9.45. The Morgan fingerprint density at radius 1 is 0.229 bits per heavy atom. The summed E-state index contributed by atoms with van der Waals surface area (Å²) in [7, 11) is 0. The third-order valence-corrected chi connectivity index (χ3v) is 14.5. The van der Waals surface area contributed by atoms with Crippen LogP contribution in [0.25, 0.3) is 143 Å². The first kappa shape index (κ1) is 38.6. The van der Waals surface area contributed by atoms with Gasteiger partial charge in [0.2, 0.25) is 0 Å². The van der Waals surface area contributed by atoms with Crippen LogP contribution in [-0.4, -0.2) is 24.1 Å². The van der Waals surface area contributed by atoms with Crippen LogP contribution in [-0.2, 0) is 0 Å². The molecule has 0 atom stereocenters. The van der Waals surface area contributed by atoms with Gasteiger partial charge in [-0.2, -0.15) is 0 Å². The zero-order chi connectivity index (χ0) is 45.9. The molecule has 0 spiro atoms. The van der Waals surface area contributed by atoms with Gasteiger partial charge in [-0.1, -0.05) is 176 Å². The van der Waals surface area contributed by atoms with E-state index in [-0.39, 0.29) is 0 Å². The van der Waals surface area contributed by atoms with Gasteiger partial charge in [-0.25, -0.2) is 15.0 Å². The van der Waals surface area contributed by atoms with Crippen LogP contribution in [0.1, 0.15) is 0 Å². The number of nitrogens with zero attached hydrogens (tertiary/aromatic N) is 5. The fraction of sp³-hybridized carbons (Fsp3) is 0. The van der Waals surface area contributed by atoms with Crippen molar-refractivity contribution in [2.45, 2.75) is 0 Å². The van der Waals surface area contributed by atoms with Gasteiger partial charge in [-0.05, 0) is 115 Å². The summed E-state index contributed by atoms with van der Waals surface area (Å²) in [6.07, 6.45) is 0. The minimum absolute atomic E-state index is 0.624. The van der Waals surface area contributed by atoms with Gasteiger partial charge in [0.1, 0.15) is 0 Å². The third kappa shape index (κ3) is 5.95. The van der Waals surface area contributed by atoms with E-state index >= 15 is 0 Å². The molecular weight excluding hydrogens is 851 g/mol. The Labute approximate surface area is 401 Å². The van der Waals surface area contributed by atoms with Crippen molar-refractivity contribution in [3.05, 3.63) is 237 Å². The molecule has 0 bridgehead atoms. The van der Waals surface area contributed by atoms with Crippen LogP contribution in [0, 0.1) is 0 Å². The maximum Gasteiger partial charge on any atom is 0.164 e. The lowest BCUT2D eigenvalue weighted by atomic mass is 9.99. The number of hydrogen-bond donors (Lipinski definition) is 0. The second-order valence-electron chi connectivity index (χ2n) is 18.4. The highest BCUT2D eigenvalue weighted by Gasteiger charge is 2.20. The topological polar surface area (TPSA) is 48.5 Å². The summed E-state index contributed by atoms with van der Waals surface area (Å²) in [6, 6.07) is 85.5. The molecule has 0 fully saturated rings. The molecule has 324 valence electrons. The van der Waals surface area contributed by atoms with Gasteiger partial charge in [0, 0.05) is 49.6 Å². The molecule has 0 saturated heterocycles. The third-order valence-electron chi connectivity index (χ3n) is 14.5. The van der Waals surface area contributed by atoms with Gasteiger partial charge in [-0.3, -0.25) is 0 Å². The number of rotatable bonds is 5. The second kappa shape index (κ2) is 15.0. The number of para-hydroxylation sites is 1. The molecule has 0 aliphatic heterocycles. The SMILES string of the molecule is c1ccc(-c2nc(-c3ccc4ccc5ccccc5c4c3)nc(-c3cccc4ccc(-n5c6cc(-n7c8ccccc8c8cc9ccccc9cc87)ccc6c6cc7ccccc7cc65)cc34)n2)cc1. The van der Waals surface area contributed by atoms with Crippen molar-refractivity contribution in [2.24, 2.45) is 0 Å². The van der Waals surface area contributed by atoms with Crippen molar-refractivity contribution >= 4 is 97.5 Å². The smallest absolute Gasteiger partial charge is 0.164 e. The van der Waals surface area contributed by atoms with Crippen molar-refractivity contribution in [3.8, 4) is 45.5 Å². The average molecular weight is 890 g/mol. The predicted octanol–water partition coefficient (Wildman–Crippen LogP) is 16.8. The Morgan fingerprint density at radius 3 is 1.46 bits per heavy atom. The second-order valence-corrected chi connectivity index (χ2v) is 18.4. The van der Waals surface area contributed by atoms with Crippen molar-refractivity contribution in [1.29, 1.82) is 0 Å². The quantitative estimate of drug-likeness (QED) is 0.162. The predicted molar refractivity (Wildman–Crippen MR) is 292 cm³/mol. The minimum atomic E-state index is 0.624. The summed E-state index contributed by atoms with van der Waals surface area (Å²) in [5.74, 6) is 1.89. The molecule has 70 heavy (non-hydrogen) atoms. The van der Waals surface area contributed by atoms with Gasteiger partial charge in [0.05, 0.1) is 22.1 Å². The lowest BCUT2D eigenvalue weighted by molar-refractivity contribution is 1.08. The highest BCUT2D eigenvalue weighted by atomic mass is 15.0. The first-order chi connectivity index (χ1) is 34.7. The van der Waals surface area contributed by atoms with E-state index in [2.05, 4.69) is 228 Å². The van der Waals surface area contributed by atoms with Crippen LogP contribution in [0.5, 0.6) is 0 Å². The molecule has 0 N–H and O–H groups in total. The molecule has 12 aromatic carbocycles. The Morgan fingerprint density at radius 2 is 0.714 bits per heavy atom. The number of hydrogen-bond acceptors (Lipinski definition) is 3. The number of fused-ring (bicyclic) bond motifs is 12. The lowest BCUT2D eigenvalue weighted by Gasteiger charge is -2.14.